The van der Waals surface area contributed by atoms with Crippen LogP contribution in [0.4, 0.5) is 0 Å². The lowest BCUT2D eigenvalue weighted by Gasteiger charge is -2.35. The summed E-state index contributed by atoms with van der Waals surface area (Å²) in [5, 5.41) is 4.49. The van der Waals surface area contributed by atoms with Gasteiger partial charge in [0.2, 0.25) is 0 Å². The third-order valence-electron chi connectivity index (χ3n) is 6.65. The van der Waals surface area contributed by atoms with Crippen LogP contribution in [0, 0.1) is 19.8 Å². The van der Waals surface area contributed by atoms with Crippen LogP contribution in [0.5, 0.6) is 0 Å². The number of likely N-dealkylation sites (tertiary alicyclic amines) is 1. The summed E-state index contributed by atoms with van der Waals surface area (Å²) in [5.41, 5.74) is 5.38. The molecule has 0 atom stereocenters. The van der Waals surface area contributed by atoms with Crippen LogP contribution in [-0.2, 0) is 19.6 Å². The zero-order chi connectivity index (χ0) is 23.2. The summed E-state index contributed by atoms with van der Waals surface area (Å²) in [6.07, 6.45) is 5.84. The minimum absolute atomic E-state index is 0.0589. The average molecular weight is 446 g/mol. The number of aromatic nitrogens is 3. The Balaban J connectivity index is 1.43. The number of amides is 1. The summed E-state index contributed by atoms with van der Waals surface area (Å²) < 4.78 is 1.82. The van der Waals surface area contributed by atoms with Crippen molar-refractivity contribution in [2.24, 2.45) is 5.92 Å². The highest BCUT2D eigenvalue weighted by molar-refractivity contribution is 5.92. The molecule has 174 valence electrons. The molecular weight excluding hydrogens is 410 g/mol. The highest BCUT2D eigenvalue weighted by Gasteiger charge is 2.26. The summed E-state index contributed by atoms with van der Waals surface area (Å²) in [7, 11) is 0. The maximum atomic E-state index is 13.6. The minimum atomic E-state index is 0.0589. The molecule has 0 radical (unpaired) electrons. The number of carbonyl (C=O) groups is 1. The number of pyridine rings is 1. The van der Waals surface area contributed by atoms with Gasteiger partial charge < -0.3 is 4.90 Å². The van der Waals surface area contributed by atoms with Gasteiger partial charge in [0.25, 0.3) is 5.91 Å². The number of carbonyl (C=O) groups excluding carboxylic acids is 1. The van der Waals surface area contributed by atoms with Crippen molar-refractivity contribution in [3.8, 4) is 0 Å². The van der Waals surface area contributed by atoms with Gasteiger partial charge >= 0.3 is 0 Å². The Morgan fingerprint density at radius 1 is 1.12 bits per heavy atom. The van der Waals surface area contributed by atoms with Crippen molar-refractivity contribution >= 4 is 5.91 Å². The van der Waals surface area contributed by atoms with E-state index in [-0.39, 0.29) is 5.91 Å². The summed E-state index contributed by atoms with van der Waals surface area (Å²) in [6, 6.07) is 14.5. The van der Waals surface area contributed by atoms with Gasteiger partial charge in [0.15, 0.2) is 0 Å². The van der Waals surface area contributed by atoms with Crippen LogP contribution in [0.3, 0.4) is 0 Å². The molecule has 1 aliphatic rings. The van der Waals surface area contributed by atoms with Crippen molar-refractivity contribution in [3.05, 3.63) is 82.9 Å². The number of piperidine rings is 1. The number of hydrogen-bond acceptors (Lipinski definition) is 4. The van der Waals surface area contributed by atoms with E-state index in [4.69, 9.17) is 0 Å². The molecule has 3 heterocycles. The lowest BCUT2D eigenvalue weighted by Crippen LogP contribution is -2.41. The Kier molecular flexibility index (Phi) is 7.55. The molecule has 1 saturated heterocycles. The van der Waals surface area contributed by atoms with Gasteiger partial charge in [-0.1, -0.05) is 30.3 Å². The molecule has 1 amide bonds. The van der Waals surface area contributed by atoms with Crippen molar-refractivity contribution in [1.82, 2.24) is 24.6 Å². The topological polar surface area (TPSA) is 54.3 Å². The smallest absolute Gasteiger partial charge is 0.272 e. The molecule has 0 saturated carbocycles. The molecule has 1 fully saturated rings. The van der Waals surface area contributed by atoms with E-state index in [1.165, 1.54) is 11.1 Å². The first-order chi connectivity index (χ1) is 16.0. The number of hydrogen-bond donors (Lipinski definition) is 0. The summed E-state index contributed by atoms with van der Waals surface area (Å²) in [5.74, 6) is 0.557. The molecule has 0 unspecified atom stereocenters. The monoisotopic (exact) mass is 445 g/mol. The first kappa shape index (κ1) is 23.2. The highest BCUT2D eigenvalue weighted by Crippen LogP contribution is 2.23. The summed E-state index contributed by atoms with van der Waals surface area (Å²) in [4.78, 5) is 22.4. The summed E-state index contributed by atoms with van der Waals surface area (Å²) in [6.45, 7) is 11.3. The predicted octanol–water partition coefficient (Wildman–Crippen LogP) is 4.47. The first-order valence-corrected chi connectivity index (χ1v) is 12.0. The molecule has 0 spiro atoms. The van der Waals surface area contributed by atoms with Crippen molar-refractivity contribution in [2.45, 2.75) is 53.2 Å². The van der Waals surface area contributed by atoms with Crippen LogP contribution >= 0.6 is 0 Å². The van der Waals surface area contributed by atoms with Crippen LogP contribution in [-0.4, -0.2) is 50.1 Å². The second-order valence-corrected chi connectivity index (χ2v) is 9.18. The van der Waals surface area contributed by atoms with Gasteiger partial charge in [0.05, 0.1) is 5.69 Å². The number of rotatable bonds is 8. The lowest BCUT2D eigenvalue weighted by atomic mass is 9.95. The highest BCUT2D eigenvalue weighted by atomic mass is 16.2. The van der Waals surface area contributed by atoms with E-state index >= 15 is 0 Å². The summed E-state index contributed by atoms with van der Waals surface area (Å²) >= 11 is 0. The Hall–Kier alpha value is -2.99. The van der Waals surface area contributed by atoms with Gasteiger partial charge in [0, 0.05) is 38.6 Å². The fourth-order valence-corrected chi connectivity index (χ4v) is 4.72. The van der Waals surface area contributed by atoms with Gasteiger partial charge in [-0.25, -0.2) is 0 Å². The van der Waals surface area contributed by atoms with Crippen LogP contribution < -0.4 is 0 Å². The van der Waals surface area contributed by atoms with E-state index in [0.717, 1.165) is 50.3 Å². The second kappa shape index (κ2) is 10.8. The Bertz CT molecular complexity index is 1050. The van der Waals surface area contributed by atoms with Crippen LogP contribution in [0.25, 0.3) is 0 Å². The molecule has 6 heteroatoms. The van der Waals surface area contributed by atoms with E-state index in [1.807, 2.05) is 47.8 Å². The molecule has 0 aliphatic carbocycles. The third kappa shape index (κ3) is 5.88. The SMILES string of the molecule is CCn1nc(C)cc1C(=O)N(Cc1cccnc1)CC1CCN(Cc2ccccc2C)CC1. The number of benzene rings is 1. The molecule has 1 aliphatic heterocycles. The van der Waals surface area contributed by atoms with Crippen molar-refractivity contribution < 1.29 is 4.79 Å². The maximum Gasteiger partial charge on any atom is 0.272 e. The van der Waals surface area contributed by atoms with Crippen LogP contribution in [0.15, 0.2) is 54.9 Å². The molecule has 33 heavy (non-hydrogen) atoms. The molecule has 0 bridgehead atoms. The zero-order valence-corrected chi connectivity index (χ0v) is 20.1. The van der Waals surface area contributed by atoms with Crippen LogP contribution in [0.1, 0.15) is 52.6 Å². The Morgan fingerprint density at radius 3 is 2.61 bits per heavy atom. The third-order valence-corrected chi connectivity index (χ3v) is 6.65. The molecular formula is C27H35N5O. The van der Waals surface area contributed by atoms with Gasteiger partial charge in [0.1, 0.15) is 5.69 Å². The lowest BCUT2D eigenvalue weighted by molar-refractivity contribution is 0.0659. The normalized spacial score (nSPS) is 15.0. The molecule has 0 N–H and O–H groups in total. The first-order valence-electron chi connectivity index (χ1n) is 12.0. The number of aryl methyl sites for hydroxylation is 3. The van der Waals surface area contributed by atoms with E-state index in [2.05, 4.69) is 46.2 Å². The van der Waals surface area contributed by atoms with E-state index in [0.29, 0.717) is 24.7 Å². The largest absolute Gasteiger partial charge is 0.333 e. The molecule has 4 rings (SSSR count). The standard InChI is InChI=1S/C27H35N5O/c1-4-32-26(16-22(3)29-32)27(33)31(19-24-9-7-13-28-17-24)18-23-11-14-30(15-12-23)20-25-10-6-5-8-21(25)2/h5-10,13,16-17,23H,4,11-12,14-15,18-20H2,1-3H3. The fourth-order valence-electron chi connectivity index (χ4n) is 4.72. The Labute approximate surface area is 197 Å². The molecule has 6 nitrogen and oxygen atoms in total. The van der Waals surface area contributed by atoms with E-state index < -0.39 is 0 Å². The van der Waals surface area contributed by atoms with E-state index in [1.54, 1.807) is 6.20 Å². The van der Waals surface area contributed by atoms with Crippen molar-refractivity contribution in [1.29, 1.82) is 0 Å². The van der Waals surface area contributed by atoms with Crippen molar-refractivity contribution in [3.63, 3.8) is 0 Å². The number of nitrogens with zero attached hydrogens (tertiary/aromatic N) is 5. The van der Waals surface area contributed by atoms with Crippen molar-refractivity contribution in [2.75, 3.05) is 19.6 Å². The predicted molar refractivity (Wildman–Crippen MR) is 131 cm³/mol. The second-order valence-electron chi connectivity index (χ2n) is 9.18. The zero-order valence-electron chi connectivity index (χ0n) is 20.1. The molecule has 1 aromatic carbocycles. The minimum Gasteiger partial charge on any atom is -0.333 e. The average Bonchev–Trinajstić information content (AvgIpc) is 3.22. The fraction of sp³-hybridized carbons (Fsp3) is 0.444. The van der Waals surface area contributed by atoms with Gasteiger partial charge in [-0.15, -0.1) is 0 Å². The van der Waals surface area contributed by atoms with Gasteiger partial charge in [-0.2, -0.15) is 5.10 Å². The van der Waals surface area contributed by atoms with Crippen LogP contribution in [0.2, 0.25) is 0 Å². The maximum absolute atomic E-state index is 13.6. The quantitative estimate of drug-likeness (QED) is 0.513. The molecule has 2 aromatic heterocycles. The Morgan fingerprint density at radius 2 is 1.91 bits per heavy atom. The van der Waals surface area contributed by atoms with Gasteiger partial charge in [-0.3, -0.25) is 19.4 Å². The van der Waals surface area contributed by atoms with Gasteiger partial charge in [-0.05, 0) is 81.4 Å². The molecule has 3 aromatic rings. The van der Waals surface area contributed by atoms with E-state index in [9.17, 15) is 4.79 Å².